The number of alkyl halides is 3. The first-order valence-corrected chi connectivity index (χ1v) is 10.5. The van der Waals surface area contributed by atoms with Gasteiger partial charge in [0.25, 0.3) is 0 Å². The second-order valence-corrected chi connectivity index (χ2v) is 8.91. The molecule has 1 fully saturated rings. The number of nitrogens with zero attached hydrogens (tertiary/aromatic N) is 3. The molecule has 0 bridgehead atoms. The monoisotopic (exact) mass is 530 g/mol. The predicted octanol–water partition coefficient (Wildman–Crippen LogP) is 4.08. The number of halogens is 5. The molecule has 1 aliphatic rings. The molecule has 1 aliphatic heterocycles. The van der Waals surface area contributed by atoms with Gasteiger partial charge in [-0.15, -0.1) is 0 Å². The van der Waals surface area contributed by atoms with Gasteiger partial charge >= 0.3 is 12.1 Å². The summed E-state index contributed by atoms with van der Waals surface area (Å²) in [7, 11) is 0. The third-order valence-electron chi connectivity index (χ3n) is 4.48. The van der Waals surface area contributed by atoms with Crippen LogP contribution in [0.1, 0.15) is 33.1 Å². The Bertz CT molecular complexity index is 683. The Morgan fingerprint density at radius 3 is 2.54 bits per heavy atom. The number of ether oxygens (including phenoxy) is 1. The van der Waals surface area contributed by atoms with Gasteiger partial charge in [-0.2, -0.15) is 13.2 Å². The predicted molar refractivity (Wildman–Crippen MR) is 106 cm³/mol. The van der Waals surface area contributed by atoms with E-state index in [0.29, 0.717) is 22.0 Å². The van der Waals surface area contributed by atoms with Gasteiger partial charge in [0.1, 0.15) is 9.21 Å². The van der Waals surface area contributed by atoms with Gasteiger partial charge in [0.05, 0.1) is 6.20 Å². The van der Waals surface area contributed by atoms with Gasteiger partial charge < -0.3 is 10.1 Å². The lowest BCUT2D eigenvalue weighted by molar-refractivity contribution is -0.170. The van der Waals surface area contributed by atoms with Crippen LogP contribution in [-0.2, 0) is 9.53 Å². The highest BCUT2D eigenvalue weighted by molar-refractivity contribution is 9.11. The summed E-state index contributed by atoms with van der Waals surface area (Å²) in [5.41, 5.74) is -0.764. The summed E-state index contributed by atoms with van der Waals surface area (Å²) >= 11 is 6.20. The molecule has 1 amide bonds. The van der Waals surface area contributed by atoms with E-state index in [1.807, 2.05) is 0 Å². The second kappa shape index (κ2) is 9.82. The molecule has 0 atom stereocenters. The lowest BCUT2D eigenvalue weighted by atomic mass is 9.95. The molecule has 1 aromatic rings. The molecular weight excluding hydrogens is 509 g/mol. The van der Waals surface area contributed by atoms with Crippen LogP contribution in [0.25, 0.3) is 0 Å². The van der Waals surface area contributed by atoms with Crippen LogP contribution in [0.3, 0.4) is 0 Å². The third kappa shape index (κ3) is 6.93. The standard InChI is InChI=1S/C17H23Br2F3N4O2/c1-16(2,24-6-3-11-4-7-28-8-5-11)10-26(15(27)17(20,21)22)14-13(19)25-12(18)9-23-14/h9,11,24H,3-8,10H2,1-2H3. The minimum absolute atomic E-state index is 0.0532. The highest BCUT2D eigenvalue weighted by Gasteiger charge is 2.45. The summed E-state index contributed by atoms with van der Waals surface area (Å²) in [5.74, 6) is -1.62. The Morgan fingerprint density at radius 2 is 1.96 bits per heavy atom. The van der Waals surface area contributed by atoms with Gasteiger partial charge in [-0.1, -0.05) is 0 Å². The maximum atomic E-state index is 13.2. The van der Waals surface area contributed by atoms with E-state index in [9.17, 15) is 18.0 Å². The molecule has 2 rings (SSSR count). The molecule has 0 saturated carbocycles. The Hall–Kier alpha value is -0.780. The Kier molecular flexibility index (Phi) is 8.24. The number of nitrogens with one attached hydrogen (secondary N) is 1. The fraction of sp³-hybridized carbons (Fsp3) is 0.706. The number of hydrogen-bond donors (Lipinski definition) is 1. The third-order valence-corrected chi connectivity index (χ3v) is 5.39. The first-order chi connectivity index (χ1) is 13.0. The van der Waals surface area contributed by atoms with Crippen LogP contribution in [0.2, 0.25) is 0 Å². The van der Waals surface area contributed by atoms with Crippen molar-refractivity contribution < 1.29 is 22.7 Å². The molecule has 2 heterocycles. The zero-order valence-electron chi connectivity index (χ0n) is 15.7. The fourth-order valence-electron chi connectivity index (χ4n) is 3.02. The number of carbonyl (C=O) groups excluding carboxylic acids is 1. The lowest BCUT2D eigenvalue weighted by Gasteiger charge is -2.34. The van der Waals surface area contributed by atoms with Crippen molar-refractivity contribution in [3.05, 3.63) is 15.4 Å². The quantitative estimate of drug-likeness (QED) is 0.574. The van der Waals surface area contributed by atoms with Crippen molar-refractivity contribution in [3.63, 3.8) is 0 Å². The fourth-order valence-corrected chi connectivity index (χ4v) is 4.04. The molecule has 1 aromatic heterocycles. The largest absolute Gasteiger partial charge is 0.471 e. The van der Waals surface area contributed by atoms with Crippen molar-refractivity contribution in [2.75, 3.05) is 31.2 Å². The summed E-state index contributed by atoms with van der Waals surface area (Å²) in [6.07, 6.45) is -0.888. The number of amides is 1. The molecule has 1 N–H and O–H groups in total. The van der Waals surface area contributed by atoms with Crippen LogP contribution in [0.5, 0.6) is 0 Å². The van der Waals surface area contributed by atoms with Crippen molar-refractivity contribution in [1.82, 2.24) is 15.3 Å². The Labute approximate surface area is 178 Å². The summed E-state index contributed by atoms with van der Waals surface area (Å²) in [6.45, 7) is 5.44. The van der Waals surface area contributed by atoms with Crippen LogP contribution < -0.4 is 10.2 Å². The van der Waals surface area contributed by atoms with E-state index < -0.39 is 17.6 Å². The summed E-state index contributed by atoms with van der Waals surface area (Å²) in [4.78, 5) is 20.6. The van der Waals surface area contributed by atoms with Crippen molar-refractivity contribution in [3.8, 4) is 0 Å². The average molecular weight is 532 g/mol. The molecule has 0 aromatic carbocycles. The molecule has 11 heteroatoms. The van der Waals surface area contributed by atoms with Crippen molar-refractivity contribution in [2.45, 2.75) is 44.8 Å². The van der Waals surface area contributed by atoms with Crippen LogP contribution >= 0.6 is 31.9 Å². The van der Waals surface area contributed by atoms with Crippen molar-refractivity contribution in [1.29, 1.82) is 0 Å². The minimum atomic E-state index is -5.02. The van der Waals surface area contributed by atoms with Gasteiger partial charge in [-0.05, 0) is 77.4 Å². The molecule has 0 unspecified atom stereocenters. The van der Waals surface area contributed by atoms with E-state index in [2.05, 4.69) is 47.1 Å². The van der Waals surface area contributed by atoms with Gasteiger partial charge in [0.15, 0.2) is 5.82 Å². The Balaban J connectivity index is 2.10. The van der Waals surface area contributed by atoms with Gasteiger partial charge in [-0.25, -0.2) is 9.97 Å². The van der Waals surface area contributed by atoms with Gasteiger partial charge in [0.2, 0.25) is 0 Å². The molecule has 28 heavy (non-hydrogen) atoms. The van der Waals surface area contributed by atoms with Crippen LogP contribution in [0.4, 0.5) is 19.0 Å². The first kappa shape index (κ1) is 23.5. The SMILES string of the molecule is CC(C)(CN(C(=O)C(F)(F)F)c1ncc(Br)nc1Br)NCCC1CCOCC1. The van der Waals surface area contributed by atoms with Crippen molar-refractivity contribution >= 4 is 43.6 Å². The summed E-state index contributed by atoms with van der Waals surface area (Å²) < 4.78 is 45.2. The molecule has 0 spiro atoms. The van der Waals surface area contributed by atoms with E-state index in [1.165, 1.54) is 6.20 Å². The average Bonchev–Trinajstić information content (AvgIpc) is 2.59. The van der Waals surface area contributed by atoms with Crippen molar-refractivity contribution in [2.24, 2.45) is 5.92 Å². The zero-order valence-corrected chi connectivity index (χ0v) is 18.8. The first-order valence-electron chi connectivity index (χ1n) is 8.89. The van der Waals surface area contributed by atoms with E-state index in [4.69, 9.17) is 4.74 Å². The maximum absolute atomic E-state index is 13.2. The molecule has 1 saturated heterocycles. The minimum Gasteiger partial charge on any atom is -0.381 e. The molecule has 0 aliphatic carbocycles. The highest BCUT2D eigenvalue weighted by Crippen LogP contribution is 2.29. The second-order valence-electron chi connectivity index (χ2n) is 7.35. The molecular formula is C17H23Br2F3N4O2. The smallest absolute Gasteiger partial charge is 0.381 e. The molecule has 6 nitrogen and oxygen atoms in total. The van der Waals surface area contributed by atoms with Gasteiger partial charge in [0, 0.05) is 25.3 Å². The topological polar surface area (TPSA) is 67.4 Å². The molecule has 0 radical (unpaired) electrons. The van der Waals surface area contributed by atoms with E-state index in [-0.39, 0.29) is 17.0 Å². The number of aromatic nitrogens is 2. The van der Waals surface area contributed by atoms with E-state index in [1.54, 1.807) is 13.8 Å². The van der Waals surface area contributed by atoms with Crippen LogP contribution in [0, 0.1) is 5.92 Å². The Morgan fingerprint density at radius 1 is 1.32 bits per heavy atom. The highest BCUT2D eigenvalue weighted by atomic mass is 79.9. The van der Waals surface area contributed by atoms with E-state index in [0.717, 1.165) is 32.5 Å². The number of rotatable bonds is 7. The normalized spacial score (nSPS) is 16.2. The zero-order chi connectivity index (χ0) is 20.9. The number of carbonyl (C=O) groups is 1. The van der Waals surface area contributed by atoms with E-state index >= 15 is 0 Å². The van der Waals surface area contributed by atoms with Crippen LogP contribution in [-0.4, -0.2) is 53.9 Å². The van der Waals surface area contributed by atoms with Gasteiger partial charge in [-0.3, -0.25) is 9.69 Å². The summed E-state index contributed by atoms with van der Waals surface area (Å²) in [5, 5.41) is 3.27. The lowest BCUT2D eigenvalue weighted by Crippen LogP contribution is -2.54. The number of hydrogen-bond acceptors (Lipinski definition) is 5. The number of anilines is 1. The maximum Gasteiger partial charge on any atom is 0.471 e. The molecule has 158 valence electrons. The van der Waals surface area contributed by atoms with Crippen LogP contribution in [0.15, 0.2) is 15.4 Å². The summed E-state index contributed by atoms with van der Waals surface area (Å²) in [6, 6.07) is 0.